The van der Waals surface area contributed by atoms with E-state index >= 15 is 0 Å². The number of phenols is 4. The van der Waals surface area contributed by atoms with E-state index in [0.717, 1.165) is 24.3 Å². The van der Waals surface area contributed by atoms with Crippen LogP contribution in [0.25, 0.3) is 11.0 Å². The molecule has 0 amide bonds. The van der Waals surface area contributed by atoms with Gasteiger partial charge in [0.2, 0.25) is 11.6 Å². The Bertz CT molecular complexity index is 1040. The molecular weight excluding hydrogens is 304 g/mol. The number of carbonyl (C=O) groups excluding carboxylic acids is 2. The molecule has 1 heterocycles. The Balaban J connectivity index is 2.16. The van der Waals surface area contributed by atoms with Crippen LogP contribution in [0.3, 0.4) is 0 Å². The lowest BCUT2D eigenvalue weighted by atomic mass is 9.86. The molecule has 1 aliphatic carbocycles. The predicted molar refractivity (Wildman–Crippen MR) is 76.2 cm³/mol. The molecule has 1 aliphatic rings. The normalized spacial score (nSPS) is 13.2. The molecule has 0 radical (unpaired) electrons. The second-order valence-corrected chi connectivity index (χ2v) is 5.16. The fourth-order valence-electron chi connectivity index (χ4n) is 2.85. The number of hydrogen-bond acceptors (Lipinski definition) is 7. The summed E-state index contributed by atoms with van der Waals surface area (Å²) in [6, 6.07) is 4.35. The average Bonchev–Trinajstić information content (AvgIpc) is 2.87. The first-order valence-corrected chi connectivity index (χ1v) is 6.53. The van der Waals surface area contributed by atoms with E-state index in [1.165, 1.54) is 0 Å². The van der Waals surface area contributed by atoms with Crippen molar-refractivity contribution in [2.75, 3.05) is 0 Å². The van der Waals surface area contributed by atoms with Gasteiger partial charge in [-0.15, -0.1) is 0 Å². The summed E-state index contributed by atoms with van der Waals surface area (Å²) in [5.41, 5.74) is -0.972. The minimum atomic E-state index is -0.793. The number of benzene rings is 2. The Morgan fingerprint density at radius 3 is 2.00 bits per heavy atom. The maximum Gasteiger partial charge on any atom is 0.233 e. The maximum atomic E-state index is 12.7. The highest BCUT2D eigenvalue weighted by molar-refractivity contribution is 6.33. The quantitative estimate of drug-likeness (QED) is 0.366. The van der Waals surface area contributed by atoms with Crippen molar-refractivity contribution in [1.82, 2.24) is 0 Å². The van der Waals surface area contributed by atoms with Crippen LogP contribution in [-0.2, 0) is 0 Å². The smallest absolute Gasteiger partial charge is 0.233 e. The van der Waals surface area contributed by atoms with Crippen LogP contribution in [-0.4, -0.2) is 32.0 Å². The average molecular weight is 312 g/mol. The first-order chi connectivity index (χ1) is 10.9. The summed E-state index contributed by atoms with van der Waals surface area (Å²) in [6.45, 7) is 0. The number of rotatable bonds is 0. The zero-order valence-corrected chi connectivity index (χ0v) is 11.3. The van der Waals surface area contributed by atoms with Gasteiger partial charge < -0.3 is 24.8 Å². The highest BCUT2D eigenvalue weighted by Gasteiger charge is 2.39. The summed E-state index contributed by atoms with van der Waals surface area (Å²) < 4.78 is 5.30. The minimum Gasteiger partial charge on any atom is -0.508 e. The lowest BCUT2D eigenvalue weighted by Gasteiger charge is -2.15. The molecule has 0 spiro atoms. The third kappa shape index (κ3) is 1.53. The van der Waals surface area contributed by atoms with Gasteiger partial charge in [-0.25, -0.2) is 0 Å². The highest BCUT2D eigenvalue weighted by Crippen LogP contribution is 2.44. The Morgan fingerprint density at radius 1 is 0.739 bits per heavy atom. The van der Waals surface area contributed by atoms with E-state index < -0.39 is 28.8 Å². The van der Waals surface area contributed by atoms with Crippen LogP contribution in [0.5, 0.6) is 23.0 Å². The third-order valence-electron chi connectivity index (χ3n) is 3.80. The summed E-state index contributed by atoms with van der Waals surface area (Å²) in [6.07, 6.45) is 0. The van der Waals surface area contributed by atoms with Gasteiger partial charge in [0.05, 0.1) is 22.1 Å². The molecule has 0 fully saturated rings. The van der Waals surface area contributed by atoms with Crippen molar-refractivity contribution in [3.63, 3.8) is 0 Å². The zero-order chi connectivity index (χ0) is 16.5. The van der Waals surface area contributed by atoms with Crippen LogP contribution in [0.4, 0.5) is 0 Å². The number of carbonyl (C=O) groups is 2. The standard InChI is InChI=1S/C16H8O7/c17-5-3-8(20)10-9(4-5)23-16-13(10)14(21)11-6(18)1-2-7(19)12(11)15(16)22/h1-4,17-20H. The van der Waals surface area contributed by atoms with Gasteiger partial charge in [0, 0.05) is 12.1 Å². The summed E-state index contributed by atoms with van der Waals surface area (Å²) in [5.74, 6) is -3.58. The third-order valence-corrected chi connectivity index (χ3v) is 3.80. The van der Waals surface area contributed by atoms with E-state index in [0.29, 0.717) is 0 Å². The van der Waals surface area contributed by atoms with Crippen LogP contribution in [0, 0.1) is 0 Å². The predicted octanol–water partition coefficient (Wildman–Crippen LogP) is 2.03. The molecule has 2 aromatic carbocycles. The molecule has 23 heavy (non-hydrogen) atoms. The number of hydrogen-bond donors (Lipinski definition) is 4. The largest absolute Gasteiger partial charge is 0.508 e. The fraction of sp³-hybridized carbons (Fsp3) is 0. The summed E-state index contributed by atoms with van der Waals surface area (Å²) >= 11 is 0. The number of furan rings is 1. The SMILES string of the molecule is O=C1c2oc3cc(O)cc(O)c3c2C(=O)c2c(O)ccc(O)c21. The second-order valence-electron chi connectivity index (χ2n) is 5.16. The van der Waals surface area contributed by atoms with Crippen LogP contribution in [0.1, 0.15) is 32.0 Å². The Hall–Kier alpha value is -3.48. The van der Waals surface area contributed by atoms with Gasteiger partial charge in [-0.1, -0.05) is 0 Å². The van der Waals surface area contributed by atoms with Gasteiger partial charge in [-0.2, -0.15) is 0 Å². The molecule has 1 aromatic heterocycles. The van der Waals surface area contributed by atoms with Gasteiger partial charge in [0.1, 0.15) is 28.6 Å². The van der Waals surface area contributed by atoms with Crippen molar-refractivity contribution in [3.05, 3.63) is 46.7 Å². The lowest BCUT2D eigenvalue weighted by molar-refractivity contribution is 0.0957. The van der Waals surface area contributed by atoms with E-state index in [2.05, 4.69) is 0 Å². The van der Waals surface area contributed by atoms with Crippen molar-refractivity contribution < 1.29 is 34.4 Å². The van der Waals surface area contributed by atoms with Crippen LogP contribution < -0.4 is 0 Å². The van der Waals surface area contributed by atoms with Crippen molar-refractivity contribution >= 4 is 22.5 Å². The van der Waals surface area contributed by atoms with E-state index in [9.17, 15) is 30.0 Å². The van der Waals surface area contributed by atoms with Crippen LogP contribution >= 0.6 is 0 Å². The van der Waals surface area contributed by atoms with Crippen molar-refractivity contribution in [2.45, 2.75) is 0 Å². The number of aromatic hydroxyl groups is 4. The van der Waals surface area contributed by atoms with E-state index in [-0.39, 0.29) is 39.2 Å². The topological polar surface area (TPSA) is 128 Å². The first-order valence-electron chi connectivity index (χ1n) is 6.53. The monoisotopic (exact) mass is 312 g/mol. The van der Waals surface area contributed by atoms with Crippen molar-refractivity contribution in [1.29, 1.82) is 0 Å². The first kappa shape index (κ1) is 13.2. The molecular formula is C16H8O7. The highest BCUT2D eigenvalue weighted by atomic mass is 16.4. The molecule has 4 rings (SSSR count). The van der Waals surface area contributed by atoms with E-state index in [1.807, 2.05) is 0 Å². The van der Waals surface area contributed by atoms with Crippen molar-refractivity contribution in [2.24, 2.45) is 0 Å². The zero-order valence-electron chi connectivity index (χ0n) is 11.3. The van der Waals surface area contributed by atoms with Gasteiger partial charge in [0.15, 0.2) is 5.76 Å². The molecule has 0 atom stereocenters. The molecule has 7 heteroatoms. The fourth-order valence-corrected chi connectivity index (χ4v) is 2.85. The molecule has 114 valence electrons. The molecule has 0 unspecified atom stereocenters. The van der Waals surface area contributed by atoms with E-state index in [1.54, 1.807) is 0 Å². The molecule has 0 aliphatic heterocycles. The molecule has 3 aromatic rings. The van der Waals surface area contributed by atoms with Gasteiger partial charge in [-0.05, 0) is 12.1 Å². The Kier molecular flexibility index (Phi) is 2.32. The lowest BCUT2D eigenvalue weighted by Crippen LogP contribution is -2.19. The number of phenolic OH excluding ortho intramolecular Hbond substituents is 4. The van der Waals surface area contributed by atoms with Crippen molar-refractivity contribution in [3.8, 4) is 23.0 Å². The van der Waals surface area contributed by atoms with E-state index in [4.69, 9.17) is 4.42 Å². The second kappa shape index (κ2) is 4.04. The minimum absolute atomic E-state index is 0.0375. The summed E-state index contributed by atoms with van der Waals surface area (Å²) in [7, 11) is 0. The van der Waals surface area contributed by atoms with Crippen LogP contribution in [0.2, 0.25) is 0 Å². The molecule has 0 saturated carbocycles. The Labute approximate surface area is 127 Å². The molecule has 0 saturated heterocycles. The summed E-state index contributed by atoms with van der Waals surface area (Å²) in [5, 5.41) is 39.2. The molecule has 0 bridgehead atoms. The number of ketones is 2. The Morgan fingerprint density at radius 2 is 1.35 bits per heavy atom. The summed E-state index contributed by atoms with van der Waals surface area (Å²) in [4.78, 5) is 25.2. The molecule has 4 N–H and O–H groups in total. The number of fused-ring (bicyclic) bond motifs is 4. The van der Waals surface area contributed by atoms with Gasteiger partial charge >= 0.3 is 0 Å². The molecule has 7 nitrogen and oxygen atoms in total. The van der Waals surface area contributed by atoms with Gasteiger partial charge in [-0.3, -0.25) is 9.59 Å². The van der Waals surface area contributed by atoms with Crippen LogP contribution in [0.15, 0.2) is 28.7 Å². The maximum absolute atomic E-state index is 12.7. The van der Waals surface area contributed by atoms with Gasteiger partial charge in [0.25, 0.3) is 0 Å².